The van der Waals surface area contributed by atoms with Gasteiger partial charge in [0.05, 0.1) is 0 Å². The van der Waals surface area contributed by atoms with Crippen molar-refractivity contribution < 1.29 is 0 Å². The Morgan fingerprint density at radius 1 is 0.237 bits per heavy atom. The molecule has 0 unspecified atom stereocenters. The topological polar surface area (TPSA) is 0 Å². The second-order valence-corrected chi connectivity index (χ2v) is 17.1. The Morgan fingerprint density at radius 3 is 1.25 bits per heavy atom. The highest BCUT2D eigenvalue weighted by atomic mass is 32.1. The molecule has 13 aromatic rings. The van der Waals surface area contributed by atoms with Crippen molar-refractivity contribution in [2.75, 3.05) is 0 Å². The summed E-state index contributed by atoms with van der Waals surface area (Å²) in [5.41, 5.74) is 11.1. The number of thiophene rings is 1. The molecule has 0 aliphatic rings. The lowest BCUT2D eigenvalue weighted by Gasteiger charge is -2.16. The van der Waals surface area contributed by atoms with Gasteiger partial charge in [-0.25, -0.2) is 0 Å². The van der Waals surface area contributed by atoms with Gasteiger partial charge >= 0.3 is 0 Å². The molecule has 59 heavy (non-hydrogen) atoms. The Hall–Kier alpha value is -7.32. The van der Waals surface area contributed by atoms with Crippen molar-refractivity contribution in [3.8, 4) is 54.9 Å². The van der Waals surface area contributed by atoms with Crippen LogP contribution in [0.2, 0.25) is 0 Å². The zero-order chi connectivity index (χ0) is 38.6. The average Bonchev–Trinajstić information content (AvgIpc) is 3.74. The first-order chi connectivity index (χ1) is 29.2. The molecule has 1 heteroatoms. The summed E-state index contributed by atoms with van der Waals surface area (Å²) in [5.74, 6) is 0. The van der Waals surface area contributed by atoms with E-state index in [9.17, 15) is 0 Å². The molecule has 0 saturated heterocycles. The molecule has 0 aliphatic carbocycles. The monoisotopic (exact) mass is 762 g/mol. The Labute approximate surface area is 345 Å². The van der Waals surface area contributed by atoms with Crippen LogP contribution in [0.3, 0.4) is 0 Å². The number of hydrogen-bond donors (Lipinski definition) is 0. The fraction of sp³-hybridized carbons (Fsp3) is 0. The predicted octanol–water partition coefficient (Wildman–Crippen LogP) is 17.0. The minimum Gasteiger partial charge on any atom is -0.135 e. The van der Waals surface area contributed by atoms with E-state index in [0.29, 0.717) is 0 Å². The normalized spacial score (nSPS) is 12.1. The van der Waals surface area contributed by atoms with Gasteiger partial charge in [0.25, 0.3) is 0 Å². The molecule has 0 atom stereocenters. The minimum atomic E-state index is 1.21. The van der Waals surface area contributed by atoms with Crippen molar-refractivity contribution in [2.24, 2.45) is 0 Å². The summed E-state index contributed by atoms with van der Waals surface area (Å²) in [5, 5.41) is 17.0. The van der Waals surface area contributed by atoms with E-state index in [4.69, 9.17) is 0 Å². The van der Waals surface area contributed by atoms with Crippen LogP contribution in [-0.4, -0.2) is 0 Å². The van der Waals surface area contributed by atoms with Crippen LogP contribution in [0, 0.1) is 0 Å². The summed E-state index contributed by atoms with van der Waals surface area (Å²) in [6.45, 7) is 0. The van der Waals surface area contributed by atoms with Crippen molar-refractivity contribution in [3.05, 3.63) is 206 Å². The molecule has 1 heterocycles. The fourth-order valence-corrected chi connectivity index (χ4v) is 11.1. The Bertz CT molecular complexity index is 3720. The smallest absolute Gasteiger partial charge is 0.0361 e. The van der Waals surface area contributed by atoms with Crippen LogP contribution in [-0.2, 0) is 0 Å². The van der Waals surface area contributed by atoms with E-state index in [0.717, 1.165) is 0 Å². The summed E-state index contributed by atoms with van der Waals surface area (Å²) in [4.78, 5) is 1.28. The van der Waals surface area contributed by atoms with Crippen molar-refractivity contribution in [1.29, 1.82) is 0 Å². The second kappa shape index (κ2) is 12.6. The van der Waals surface area contributed by atoms with E-state index in [2.05, 4.69) is 206 Å². The van der Waals surface area contributed by atoms with Gasteiger partial charge in [0, 0.05) is 15.1 Å². The van der Waals surface area contributed by atoms with Gasteiger partial charge in [0.15, 0.2) is 0 Å². The van der Waals surface area contributed by atoms with Crippen LogP contribution in [0.5, 0.6) is 0 Å². The van der Waals surface area contributed by atoms with Gasteiger partial charge < -0.3 is 0 Å². The third kappa shape index (κ3) is 5.02. The Balaban J connectivity index is 0.964. The maximum absolute atomic E-state index is 2.42. The SMILES string of the molecule is c1cc(-c2ccc(-c3cccc(-c4ccc5ccc6cccc7ccc4c5c67)c3)c(-c3cc4ccccc4s3)c2)cc(-c2ccc3ccc4cccc5ccc2c3c45)c1. The summed E-state index contributed by atoms with van der Waals surface area (Å²) in [7, 11) is 0. The number of benzene rings is 12. The van der Waals surface area contributed by atoms with Gasteiger partial charge in [-0.1, -0.05) is 176 Å². The lowest BCUT2D eigenvalue weighted by atomic mass is 9.88. The molecule has 0 radical (unpaired) electrons. The summed E-state index contributed by atoms with van der Waals surface area (Å²) >= 11 is 1.87. The highest BCUT2D eigenvalue weighted by molar-refractivity contribution is 7.22. The molecule has 0 aliphatic heterocycles. The standard InChI is InChI=1S/C58H34S/c1-2-16-53-46(7-1)34-54(59-53)52-33-42(41-12-5-13-43(31-41)47-26-21-39-19-17-35-8-3-10-37-23-29-50(47)57(39)55(35)37)25-28-49(52)45-15-6-14-44(32-45)48-27-22-40-20-18-36-9-4-11-38-24-30-51(48)58(40)56(36)38/h1-34H. The van der Waals surface area contributed by atoms with Crippen molar-refractivity contribution in [1.82, 2.24) is 0 Å². The zero-order valence-corrected chi connectivity index (χ0v) is 32.9. The summed E-state index contributed by atoms with van der Waals surface area (Å²) < 4.78 is 1.30. The maximum atomic E-state index is 2.42. The minimum absolute atomic E-state index is 1.21. The molecule has 1 aromatic heterocycles. The summed E-state index contributed by atoms with van der Waals surface area (Å²) in [6, 6.07) is 77.2. The highest BCUT2D eigenvalue weighted by Crippen LogP contribution is 2.45. The lowest BCUT2D eigenvalue weighted by Crippen LogP contribution is -1.90. The number of rotatable bonds is 5. The molecule has 0 spiro atoms. The van der Waals surface area contributed by atoms with Gasteiger partial charge in [0.1, 0.15) is 0 Å². The van der Waals surface area contributed by atoms with Gasteiger partial charge in [-0.3, -0.25) is 0 Å². The largest absolute Gasteiger partial charge is 0.135 e. The van der Waals surface area contributed by atoms with E-state index in [1.165, 1.54) is 130 Å². The van der Waals surface area contributed by atoms with Crippen LogP contribution in [0.25, 0.3) is 130 Å². The van der Waals surface area contributed by atoms with Crippen molar-refractivity contribution in [2.45, 2.75) is 0 Å². The van der Waals surface area contributed by atoms with Crippen LogP contribution >= 0.6 is 11.3 Å². The van der Waals surface area contributed by atoms with E-state index >= 15 is 0 Å². The third-order valence-corrected chi connectivity index (χ3v) is 13.9. The number of fused-ring (bicyclic) bond motifs is 1. The first kappa shape index (κ1) is 32.7. The highest BCUT2D eigenvalue weighted by Gasteiger charge is 2.17. The molecule has 0 amide bonds. The zero-order valence-electron chi connectivity index (χ0n) is 32.0. The van der Waals surface area contributed by atoms with Gasteiger partial charge in [-0.05, 0) is 145 Å². The maximum Gasteiger partial charge on any atom is 0.0361 e. The van der Waals surface area contributed by atoms with Crippen LogP contribution < -0.4 is 0 Å². The van der Waals surface area contributed by atoms with Crippen molar-refractivity contribution >= 4 is 86.1 Å². The van der Waals surface area contributed by atoms with Crippen LogP contribution in [0.15, 0.2) is 206 Å². The molecule has 272 valence electrons. The fourth-order valence-electron chi connectivity index (χ4n) is 9.99. The van der Waals surface area contributed by atoms with E-state index < -0.39 is 0 Å². The molecule has 0 saturated carbocycles. The first-order valence-electron chi connectivity index (χ1n) is 20.4. The first-order valence-corrected chi connectivity index (χ1v) is 21.2. The molecular weight excluding hydrogens is 729 g/mol. The van der Waals surface area contributed by atoms with E-state index in [1.807, 2.05) is 11.3 Å². The average molecular weight is 763 g/mol. The molecular formula is C58H34S. The van der Waals surface area contributed by atoms with Gasteiger partial charge in [0.2, 0.25) is 0 Å². The van der Waals surface area contributed by atoms with E-state index in [-0.39, 0.29) is 0 Å². The lowest BCUT2D eigenvalue weighted by molar-refractivity contribution is 1.58. The van der Waals surface area contributed by atoms with Crippen LogP contribution in [0.1, 0.15) is 0 Å². The third-order valence-electron chi connectivity index (χ3n) is 12.8. The summed E-state index contributed by atoms with van der Waals surface area (Å²) in [6.07, 6.45) is 0. The molecule has 0 bridgehead atoms. The molecule has 0 nitrogen and oxygen atoms in total. The molecule has 0 N–H and O–H groups in total. The van der Waals surface area contributed by atoms with Crippen molar-refractivity contribution in [3.63, 3.8) is 0 Å². The Kier molecular flexibility index (Phi) is 6.98. The predicted molar refractivity (Wildman–Crippen MR) is 256 cm³/mol. The second-order valence-electron chi connectivity index (χ2n) is 16.0. The van der Waals surface area contributed by atoms with E-state index in [1.54, 1.807) is 0 Å². The van der Waals surface area contributed by atoms with Gasteiger partial charge in [-0.15, -0.1) is 11.3 Å². The van der Waals surface area contributed by atoms with Crippen LogP contribution in [0.4, 0.5) is 0 Å². The number of hydrogen-bond acceptors (Lipinski definition) is 1. The quantitative estimate of drug-likeness (QED) is 0.153. The Morgan fingerprint density at radius 2 is 0.661 bits per heavy atom. The molecule has 12 aromatic carbocycles. The molecule has 13 rings (SSSR count). The molecule has 0 fully saturated rings. The van der Waals surface area contributed by atoms with Gasteiger partial charge in [-0.2, -0.15) is 0 Å².